The van der Waals surface area contributed by atoms with Gasteiger partial charge in [-0.2, -0.15) is 0 Å². The summed E-state index contributed by atoms with van der Waals surface area (Å²) in [6, 6.07) is 8.19. The molecule has 1 rings (SSSR count). The fourth-order valence-electron chi connectivity index (χ4n) is 1.49. The molecule has 19 heavy (non-hydrogen) atoms. The molecule has 5 heteroatoms. The smallest absolute Gasteiger partial charge is 0.411 e. The van der Waals surface area contributed by atoms with E-state index in [1.165, 1.54) is 17.9 Å². The first kappa shape index (κ1) is 14.8. The van der Waals surface area contributed by atoms with Gasteiger partial charge in [0.2, 0.25) is 0 Å². The number of carbonyl (C=O) groups excluding carboxylic acids is 1. The van der Waals surface area contributed by atoms with Gasteiger partial charge in [-0.25, -0.2) is 9.59 Å². The Hall–Kier alpha value is -2.30. The van der Waals surface area contributed by atoms with Gasteiger partial charge in [0.1, 0.15) is 12.6 Å². The van der Waals surface area contributed by atoms with Crippen molar-refractivity contribution in [1.82, 2.24) is 4.90 Å². The first-order chi connectivity index (χ1) is 9.06. The minimum atomic E-state index is -1.08. The van der Waals surface area contributed by atoms with Crippen LogP contribution < -0.4 is 0 Å². The highest BCUT2D eigenvalue weighted by Crippen LogP contribution is 2.10. The second-order valence-electron chi connectivity index (χ2n) is 3.99. The summed E-state index contributed by atoms with van der Waals surface area (Å²) in [6.07, 6.45) is 0.767. The lowest BCUT2D eigenvalue weighted by Gasteiger charge is -2.25. The van der Waals surface area contributed by atoms with E-state index in [4.69, 9.17) is 9.84 Å². The molecule has 5 nitrogen and oxygen atoms in total. The molecule has 0 spiro atoms. The molecular formula is C14H17NO4. The predicted molar refractivity (Wildman–Crippen MR) is 70.6 cm³/mol. The van der Waals surface area contributed by atoms with Crippen LogP contribution in [0.15, 0.2) is 43.0 Å². The van der Waals surface area contributed by atoms with Crippen molar-refractivity contribution in [2.24, 2.45) is 0 Å². The molecule has 1 aromatic rings. The quantitative estimate of drug-likeness (QED) is 0.799. The van der Waals surface area contributed by atoms with Gasteiger partial charge in [0, 0.05) is 6.54 Å². The summed E-state index contributed by atoms with van der Waals surface area (Å²) < 4.78 is 4.90. The number of hydrogen-bond donors (Lipinski definition) is 1. The molecule has 1 N–H and O–H groups in total. The standard InChI is InChI=1S/C14H17NO4/c1-3-9-19-14(18)15(11(2)13(16)17)10-12-7-5-4-6-8-12/h3-8,11H,1,9-10H2,2H3,(H,16,17)/t11-/m1/s1. The van der Waals surface area contributed by atoms with E-state index >= 15 is 0 Å². The van der Waals surface area contributed by atoms with Crippen molar-refractivity contribution >= 4 is 12.1 Å². The Morgan fingerprint density at radius 1 is 1.42 bits per heavy atom. The maximum atomic E-state index is 11.8. The molecule has 102 valence electrons. The van der Waals surface area contributed by atoms with E-state index in [1.54, 1.807) is 0 Å². The van der Waals surface area contributed by atoms with Crippen LogP contribution in [-0.2, 0) is 16.1 Å². The second-order valence-corrected chi connectivity index (χ2v) is 3.99. The third-order valence-corrected chi connectivity index (χ3v) is 2.58. The normalized spacial score (nSPS) is 11.4. The van der Waals surface area contributed by atoms with Crippen molar-refractivity contribution in [3.63, 3.8) is 0 Å². The molecule has 0 fully saturated rings. The average Bonchev–Trinajstić information content (AvgIpc) is 2.42. The number of carboxylic acid groups (broad SMARTS) is 1. The number of benzene rings is 1. The monoisotopic (exact) mass is 263 g/mol. The zero-order chi connectivity index (χ0) is 14.3. The zero-order valence-corrected chi connectivity index (χ0v) is 10.8. The van der Waals surface area contributed by atoms with E-state index in [0.29, 0.717) is 0 Å². The number of ether oxygens (including phenoxy) is 1. The molecule has 1 amide bonds. The molecule has 0 bridgehead atoms. The van der Waals surface area contributed by atoms with Gasteiger partial charge < -0.3 is 9.84 Å². The molecule has 0 aromatic heterocycles. The Kier molecular flexibility index (Phi) is 5.60. The minimum Gasteiger partial charge on any atom is -0.480 e. The van der Waals surface area contributed by atoms with E-state index in [2.05, 4.69) is 6.58 Å². The number of hydrogen-bond acceptors (Lipinski definition) is 3. The van der Waals surface area contributed by atoms with Crippen LogP contribution in [0, 0.1) is 0 Å². The molecule has 0 aliphatic carbocycles. The number of aliphatic carboxylic acids is 1. The van der Waals surface area contributed by atoms with Crippen molar-refractivity contribution in [3.8, 4) is 0 Å². The summed E-state index contributed by atoms with van der Waals surface area (Å²) in [5.74, 6) is -1.08. The molecule has 0 aliphatic heterocycles. The van der Waals surface area contributed by atoms with Crippen LogP contribution in [0.1, 0.15) is 12.5 Å². The van der Waals surface area contributed by atoms with Gasteiger partial charge in [-0.1, -0.05) is 43.0 Å². The highest BCUT2D eigenvalue weighted by atomic mass is 16.6. The topological polar surface area (TPSA) is 66.8 Å². The summed E-state index contributed by atoms with van der Waals surface area (Å²) in [7, 11) is 0. The maximum absolute atomic E-state index is 11.8. The fourth-order valence-corrected chi connectivity index (χ4v) is 1.49. The zero-order valence-electron chi connectivity index (χ0n) is 10.8. The largest absolute Gasteiger partial charge is 0.480 e. The van der Waals surface area contributed by atoms with Crippen molar-refractivity contribution in [3.05, 3.63) is 48.6 Å². The van der Waals surface area contributed by atoms with E-state index in [0.717, 1.165) is 5.56 Å². The Morgan fingerprint density at radius 3 is 2.58 bits per heavy atom. The summed E-state index contributed by atoms with van der Waals surface area (Å²) in [6.45, 7) is 5.13. The first-order valence-electron chi connectivity index (χ1n) is 5.87. The third-order valence-electron chi connectivity index (χ3n) is 2.58. The van der Waals surface area contributed by atoms with Crippen LogP contribution in [0.5, 0.6) is 0 Å². The number of nitrogens with zero attached hydrogens (tertiary/aromatic N) is 1. The predicted octanol–water partition coefficient (Wildman–Crippen LogP) is 2.28. The molecule has 0 heterocycles. The van der Waals surface area contributed by atoms with Crippen molar-refractivity contribution in [2.75, 3.05) is 6.61 Å². The highest BCUT2D eigenvalue weighted by Gasteiger charge is 2.26. The average molecular weight is 263 g/mol. The second kappa shape index (κ2) is 7.20. The van der Waals surface area contributed by atoms with Crippen molar-refractivity contribution < 1.29 is 19.4 Å². The molecule has 0 aliphatic rings. The Balaban J connectivity index is 2.83. The molecule has 1 aromatic carbocycles. The van der Waals surface area contributed by atoms with Crippen LogP contribution in [0.4, 0.5) is 4.79 Å². The molecule has 0 unspecified atom stereocenters. The number of rotatable bonds is 6. The van der Waals surface area contributed by atoms with E-state index in [1.807, 2.05) is 30.3 Å². The lowest BCUT2D eigenvalue weighted by atomic mass is 10.2. The third kappa shape index (κ3) is 4.46. The molecule has 0 saturated heterocycles. The molecule has 1 atom stereocenters. The van der Waals surface area contributed by atoms with Crippen molar-refractivity contribution in [2.45, 2.75) is 19.5 Å². The lowest BCUT2D eigenvalue weighted by molar-refractivity contribution is -0.142. The number of carbonyl (C=O) groups is 2. The van der Waals surface area contributed by atoms with Gasteiger partial charge >= 0.3 is 12.1 Å². The summed E-state index contributed by atoms with van der Waals surface area (Å²) >= 11 is 0. The summed E-state index contributed by atoms with van der Waals surface area (Å²) in [4.78, 5) is 24.1. The fraction of sp³-hybridized carbons (Fsp3) is 0.286. The Labute approximate surface area is 112 Å². The summed E-state index contributed by atoms with van der Waals surface area (Å²) in [5, 5.41) is 9.04. The van der Waals surface area contributed by atoms with Gasteiger partial charge in [0.15, 0.2) is 0 Å². The van der Waals surface area contributed by atoms with Crippen molar-refractivity contribution in [1.29, 1.82) is 0 Å². The highest BCUT2D eigenvalue weighted by molar-refractivity contribution is 5.79. The van der Waals surface area contributed by atoms with Crippen LogP contribution in [0.25, 0.3) is 0 Å². The van der Waals surface area contributed by atoms with Gasteiger partial charge in [-0.05, 0) is 12.5 Å². The molecule has 0 radical (unpaired) electrons. The number of amides is 1. The maximum Gasteiger partial charge on any atom is 0.411 e. The van der Waals surface area contributed by atoms with Gasteiger partial charge in [-0.15, -0.1) is 0 Å². The van der Waals surface area contributed by atoms with Gasteiger partial charge in [0.05, 0.1) is 0 Å². The first-order valence-corrected chi connectivity index (χ1v) is 5.87. The molecular weight excluding hydrogens is 246 g/mol. The summed E-state index contributed by atoms with van der Waals surface area (Å²) in [5.41, 5.74) is 0.839. The van der Waals surface area contributed by atoms with Gasteiger partial charge in [-0.3, -0.25) is 4.90 Å². The van der Waals surface area contributed by atoms with E-state index in [9.17, 15) is 9.59 Å². The SMILES string of the molecule is C=CCOC(=O)N(Cc1ccccc1)[C@H](C)C(=O)O. The Morgan fingerprint density at radius 2 is 2.05 bits per heavy atom. The van der Waals surface area contributed by atoms with Crippen LogP contribution in [-0.4, -0.2) is 34.7 Å². The lowest BCUT2D eigenvalue weighted by Crippen LogP contribution is -2.43. The van der Waals surface area contributed by atoms with Gasteiger partial charge in [0.25, 0.3) is 0 Å². The van der Waals surface area contributed by atoms with Crippen LogP contribution >= 0.6 is 0 Å². The minimum absolute atomic E-state index is 0.0520. The number of carboxylic acids is 1. The van der Waals surface area contributed by atoms with E-state index < -0.39 is 18.1 Å². The molecule has 0 saturated carbocycles. The Bertz CT molecular complexity index is 444. The van der Waals surface area contributed by atoms with E-state index in [-0.39, 0.29) is 13.2 Å². The van der Waals surface area contributed by atoms with Crippen LogP contribution in [0.3, 0.4) is 0 Å². The van der Waals surface area contributed by atoms with Crippen LogP contribution in [0.2, 0.25) is 0 Å².